The molecule has 0 unspecified atom stereocenters. The van der Waals surface area contributed by atoms with Crippen molar-refractivity contribution >= 4 is 6.03 Å². The quantitative estimate of drug-likeness (QED) is 0.597. The zero-order chi connectivity index (χ0) is 9.10. The fourth-order valence-electron chi connectivity index (χ4n) is 1.48. The third kappa shape index (κ3) is 1.71. The molecule has 2 rings (SSSR count). The number of rotatable bonds is 0. The zero-order valence-electron chi connectivity index (χ0n) is 7.39. The lowest BCUT2D eigenvalue weighted by Gasteiger charge is -2.26. The van der Waals surface area contributed by atoms with Crippen molar-refractivity contribution in [1.29, 1.82) is 0 Å². The van der Waals surface area contributed by atoms with Crippen LogP contribution in [0.2, 0.25) is 0 Å². The van der Waals surface area contributed by atoms with E-state index in [1.807, 2.05) is 4.90 Å². The standard InChI is InChI=1S/C9H12N3O/c13-9(12-7-4-10-8-12)11-5-2-1-3-6-11/h1,4,7-8H,2-3,5-6H2. The summed E-state index contributed by atoms with van der Waals surface area (Å²) in [6, 6.07) is 0.0330. The molecular formula is C9H12N3O. The van der Waals surface area contributed by atoms with E-state index in [1.54, 1.807) is 18.7 Å². The lowest BCUT2D eigenvalue weighted by Crippen LogP contribution is -2.38. The largest absolute Gasteiger partial charge is 0.329 e. The average molecular weight is 178 g/mol. The molecule has 0 aromatic carbocycles. The van der Waals surface area contributed by atoms with E-state index >= 15 is 0 Å². The molecule has 4 nitrogen and oxygen atoms in total. The number of carbonyl (C=O) groups is 1. The van der Waals surface area contributed by atoms with Crippen LogP contribution < -0.4 is 0 Å². The van der Waals surface area contributed by atoms with Crippen molar-refractivity contribution in [3.8, 4) is 0 Å². The number of likely N-dealkylation sites (tertiary alicyclic amines) is 1. The minimum absolute atomic E-state index is 0.0330. The molecule has 0 spiro atoms. The Kier molecular flexibility index (Phi) is 2.29. The SMILES string of the molecule is O=C(N1CC[CH]CC1)n1ccnc1. The summed E-state index contributed by atoms with van der Waals surface area (Å²) in [6.07, 6.45) is 9.06. The minimum Gasteiger partial charge on any atom is -0.324 e. The van der Waals surface area contributed by atoms with E-state index in [1.165, 1.54) is 4.57 Å². The van der Waals surface area contributed by atoms with Gasteiger partial charge in [-0.25, -0.2) is 9.78 Å². The number of aromatic nitrogens is 2. The van der Waals surface area contributed by atoms with Gasteiger partial charge < -0.3 is 4.90 Å². The fourth-order valence-corrected chi connectivity index (χ4v) is 1.48. The minimum atomic E-state index is 0.0330. The molecule has 13 heavy (non-hydrogen) atoms. The van der Waals surface area contributed by atoms with Crippen LogP contribution in [0.3, 0.4) is 0 Å². The van der Waals surface area contributed by atoms with Crippen LogP contribution in [-0.4, -0.2) is 33.6 Å². The second kappa shape index (κ2) is 3.60. The van der Waals surface area contributed by atoms with Gasteiger partial charge in [0.2, 0.25) is 0 Å². The maximum atomic E-state index is 11.7. The van der Waals surface area contributed by atoms with Crippen molar-refractivity contribution < 1.29 is 4.79 Å². The molecule has 1 radical (unpaired) electrons. The number of piperidine rings is 1. The summed E-state index contributed by atoms with van der Waals surface area (Å²) in [5.41, 5.74) is 0. The summed E-state index contributed by atoms with van der Waals surface area (Å²) < 4.78 is 1.52. The number of amides is 1. The highest BCUT2D eigenvalue weighted by molar-refractivity contribution is 5.76. The van der Waals surface area contributed by atoms with Crippen LogP contribution in [0.5, 0.6) is 0 Å². The second-order valence-electron chi connectivity index (χ2n) is 3.11. The van der Waals surface area contributed by atoms with E-state index < -0.39 is 0 Å². The molecule has 1 aromatic heterocycles. The summed E-state index contributed by atoms with van der Waals surface area (Å²) in [5, 5.41) is 0. The summed E-state index contributed by atoms with van der Waals surface area (Å²) in [5.74, 6) is 0. The van der Waals surface area contributed by atoms with Crippen LogP contribution >= 0.6 is 0 Å². The molecule has 0 atom stereocenters. The summed E-state index contributed by atoms with van der Waals surface area (Å²) in [4.78, 5) is 17.4. The molecule has 1 fully saturated rings. The zero-order valence-corrected chi connectivity index (χ0v) is 7.39. The number of carbonyl (C=O) groups excluding carboxylic acids is 1. The Hall–Kier alpha value is -1.32. The first-order valence-electron chi connectivity index (χ1n) is 4.47. The third-order valence-electron chi connectivity index (χ3n) is 2.20. The van der Waals surface area contributed by atoms with E-state index in [4.69, 9.17) is 0 Å². The van der Waals surface area contributed by atoms with Crippen molar-refractivity contribution in [3.05, 3.63) is 25.1 Å². The van der Waals surface area contributed by atoms with Gasteiger partial charge in [-0.3, -0.25) is 4.57 Å². The number of hydrogen-bond donors (Lipinski definition) is 0. The van der Waals surface area contributed by atoms with E-state index in [9.17, 15) is 4.79 Å². The Balaban J connectivity index is 2.04. The van der Waals surface area contributed by atoms with E-state index in [-0.39, 0.29) is 6.03 Å². The van der Waals surface area contributed by atoms with Gasteiger partial charge in [0.25, 0.3) is 0 Å². The van der Waals surface area contributed by atoms with Crippen molar-refractivity contribution in [2.75, 3.05) is 13.1 Å². The molecule has 1 aromatic rings. The molecule has 1 aliphatic heterocycles. The van der Waals surface area contributed by atoms with Gasteiger partial charge in [0.05, 0.1) is 0 Å². The Morgan fingerprint density at radius 3 is 2.69 bits per heavy atom. The Morgan fingerprint density at radius 1 is 1.31 bits per heavy atom. The van der Waals surface area contributed by atoms with Gasteiger partial charge >= 0.3 is 6.03 Å². The highest BCUT2D eigenvalue weighted by Gasteiger charge is 2.17. The van der Waals surface area contributed by atoms with Gasteiger partial charge in [-0.05, 0) is 19.3 Å². The topological polar surface area (TPSA) is 38.1 Å². The van der Waals surface area contributed by atoms with Crippen LogP contribution in [0.25, 0.3) is 0 Å². The molecule has 0 saturated carbocycles. The van der Waals surface area contributed by atoms with Crippen LogP contribution in [0.1, 0.15) is 12.8 Å². The first kappa shape index (κ1) is 8.29. The number of nitrogens with zero attached hydrogens (tertiary/aromatic N) is 3. The van der Waals surface area contributed by atoms with Crippen molar-refractivity contribution in [2.45, 2.75) is 12.8 Å². The van der Waals surface area contributed by atoms with Crippen LogP contribution in [0.15, 0.2) is 18.7 Å². The lowest BCUT2D eigenvalue weighted by molar-refractivity contribution is 0.195. The molecule has 69 valence electrons. The predicted molar refractivity (Wildman–Crippen MR) is 48.1 cm³/mol. The van der Waals surface area contributed by atoms with E-state index in [2.05, 4.69) is 11.4 Å². The molecule has 4 heteroatoms. The van der Waals surface area contributed by atoms with Gasteiger partial charge in [0, 0.05) is 25.5 Å². The van der Waals surface area contributed by atoms with E-state index in [0.717, 1.165) is 25.9 Å². The normalized spacial score (nSPS) is 17.4. The molecule has 0 bridgehead atoms. The Morgan fingerprint density at radius 2 is 2.08 bits per heavy atom. The van der Waals surface area contributed by atoms with Crippen molar-refractivity contribution in [2.24, 2.45) is 0 Å². The fraction of sp³-hybridized carbons (Fsp3) is 0.444. The van der Waals surface area contributed by atoms with Crippen molar-refractivity contribution in [3.63, 3.8) is 0 Å². The summed E-state index contributed by atoms with van der Waals surface area (Å²) >= 11 is 0. The number of hydrogen-bond acceptors (Lipinski definition) is 2. The van der Waals surface area contributed by atoms with Gasteiger partial charge in [-0.2, -0.15) is 0 Å². The predicted octanol–water partition coefficient (Wildman–Crippen LogP) is 1.15. The highest BCUT2D eigenvalue weighted by atomic mass is 16.2. The number of imidazole rings is 1. The Bertz CT molecular complexity index is 275. The maximum absolute atomic E-state index is 11.7. The van der Waals surface area contributed by atoms with Crippen LogP contribution in [0.4, 0.5) is 4.79 Å². The highest BCUT2D eigenvalue weighted by Crippen LogP contribution is 2.08. The maximum Gasteiger partial charge on any atom is 0.329 e. The second-order valence-corrected chi connectivity index (χ2v) is 3.11. The van der Waals surface area contributed by atoms with Gasteiger partial charge in [-0.1, -0.05) is 0 Å². The molecule has 1 amide bonds. The van der Waals surface area contributed by atoms with E-state index in [0.29, 0.717) is 0 Å². The first-order chi connectivity index (χ1) is 6.38. The summed E-state index contributed by atoms with van der Waals surface area (Å²) in [7, 11) is 0. The van der Waals surface area contributed by atoms with Gasteiger partial charge in [0.1, 0.15) is 6.33 Å². The molecule has 1 aliphatic rings. The van der Waals surface area contributed by atoms with Crippen LogP contribution in [-0.2, 0) is 0 Å². The molecule has 0 aliphatic carbocycles. The molecular weight excluding hydrogens is 166 g/mol. The lowest BCUT2D eigenvalue weighted by atomic mass is 10.1. The molecule has 2 heterocycles. The molecule has 0 N–H and O–H groups in total. The molecule has 1 saturated heterocycles. The van der Waals surface area contributed by atoms with Crippen molar-refractivity contribution in [1.82, 2.24) is 14.5 Å². The Labute approximate surface area is 77.2 Å². The van der Waals surface area contributed by atoms with Gasteiger partial charge in [-0.15, -0.1) is 0 Å². The monoisotopic (exact) mass is 178 g/mol. The third-order valence-corrected chi connectivity index (χ3v) is 2.20. The first-order valence-corrected chi connectivity index (χ1v) is 4.47. The van der Waals surface area contributed by atoms with Gasteiger partial charge in [0.15, 0.2) is 0 Å². The summed E-state index contributed by atoms with van der Waals surface area (Å²) in [6.45, 7) is 1.66. The average Bonchev–Trinajstić information content (AvgIpc) is 2.71. The van der Waals surface area contributed by atoms with Crippen LogP contribution in [0, 0.1) is 6.42 Å². The smallest absolute Gasteiger partial charge is 0.324 e.